The van der Waals surface area contributed by atoms with E-state index in [9.17, 15) is 10.2 Å². The number of piperidine rings is 1. The van der Waals surface area contributed by atoms with Gasteiger partial charge in [-0.25, -0.2) is 4.68 Å². The highest BCUT2D eigenvalue weighted by molar-refractivity contribution is 5.62. The maximum absolute atomic E-state index is 10.2. The van der Waals surface area contributed by atoms with Gasteiger partial charge in [0.15, 0.2) is 0 Å². The molecule has 0 saturated carbocycles. The van der Waals surface area contributed by atoms with Crippen molar-refractivity contribution in [3.05, 3.63) is 66.6 Å². The fraction of sp³-hybridized carbons (Fsp3) is 0.333. The summed E-state index contributed by atoms with van der Waals surface area (Å²) >= 11 is 0. The molecule has 0 atom stereocenters. The van der Waals surface area contributed by atoms with Crippen LogP contribution in [0.2, 0.25) is 0 Å². The lowest BCUT2D eigenvalue weighted by molar-refractivity contribution is -0.0606. The van der Waals surface area contributed by atoms with Crippen molar-refractivity contribution in [1.29, 1.82) is 0 Å². The number of hydrogen-bond donors (Lipinski definition) is 2. The van der Waals surface area contributed by atoms with Gasteiger partial charge in [0.05, 0.1) is 23.6 Å². The third-order valence-corrected chi connectivity index (χ3v) is 5.22. The maximum atomic E-state index is 10.2. The summed E-state index contributed by atoms with van der Waals surface area (Å²) < 4.78 is 1.91. The minimum atomic E-state index is -0.934. The largest absolute Gasteiger partial charge is 0.393 e. The monoisotopic (exact) mass is 364 g/mol. The highest BCUT2D eigenvalue weighted by Gasteiger charge is 2.31. The fourth-order valence-electron chi connectivity index (χ4n) is 3.51. The Labute approximate surface area is 158 Å². The van der Waals surface area contributed by atoms with Crippen molar-refractivity contribution in [2.45, 2.75) is 25.0 Å². The van der Waals surface area contributed by atoms with Crippen molar-refractivity contribution >= 4 is 0 Å². The van der Waals surface area contributed by atoms with E-state index >= 15 is 0 Å². The van der Waals surface area contributed by atoms with E-state index in [-0.39, 0.29) is 6.61 Å². The van der Waals surface area contributed by atoms with Crippen molar-refractivity contribution in [2.24, 2.45) is 0 Å². The minimum Gasteiger partial charge on any atom is -0.393 e. The lowest BCUT2D eigenvalue weighted by atomic mass is 9.92. The highest BCUT2D eigenvalue weighted by atomic mass is 16.3. The van der Waals surface area contributed by atoms with Crippen LogP contribution in [-0.2, 0) is 6.54 Å². The second-order valence-electron chi connectivity index (χ2n) is 7.18. The molecule has 6 heteroatoms. The van der Waals surface area contributed by atoms with E-state index in [0.29, 0.717) is 12.8 Å². The fourth-order valence-corrected chi connectivity index (χ4v) is 3.51. The van der Waals surface area contributed by atoms with Gasteiger partial charge < -0.3 is 10.2 Å². The minimum absolute atomic E-state index is 0.173. The number of nitrogens with zero attached hydrogens (tertiary/aromatic N) is 4. The Morgan fingerprint density at radius 2 is 1.81 bits per heavy atom. The summed E-state index contributed by atoms with van der Waals surface area (Å²) in [5.41, 5.74) is 3.13. The van der Waals surface area contributed by atoms with E-state index < -0.39 is 5.60 Å². The van der Waals surface area contributed by atoms with Gasteiger partial charge in [-0.05, 0) is 37.1 Å². The van der Waals surface area contributed by atoms with Crippen molar-refractivity contribution in [1.82, 2.24) is 19.7 Å². The summed E-state index contributed by atoms with van der Waals surface area (Å²) in [5.74, 6) is 0. The normalized spacial score (nSPS) is 17.1. The van der Waals surface area contributed by atoms with Crippen LogP contribution >= 0.6 is 0 Å². The first-order chi connectivity index (χ1) is 13.2. The number of para-hydroxylation sites is 1. The molecule has 27 heavy (non-hydrogen) atoms. The molecule has 1 aliphatic rings. The topological polar surface area (TPSA) is 74.4 Å². The molecular weight excluding hydrogens is 340 g/mol. The molecule has 0 bridgehead atoms. The van der Waals surface area contributed by atoms with E-state index in [1.165, 1.54) is 0 Å². The molecule has 2 N–H and O–H groups in total. The van der Waals surface area contributed by atoms with Crippen LogP contribution in [0.4, 0.5) is 0 Å². The number of aliphatic hydroxyl groups excluding tert-OH is 1. The van der Waals surface area contributed by atoms with Crippen LogP contribution in [-0.4, -0.2) is 55.2 Å². The molecule has 1 aromatic carbocycles. The third-order valence-electron chi connectivity index (χ3n) is 5.22. The number of aliphatic hydroxyl groups is 2. The summed E-state index contributed by atoms with van der Waals surface area (Å²) in [6.45, 7) is 2.08. The van der Waals surface area contributed by atoms with Crippen LogP contribution in [0, 0.1) is 0 Å². The Morgan fingerprint density at radius 1 is 1.04 bits per heavy atom. The summed E-state index contributed by atoms with van der Waals surface area (Å²) in [5, 5.41) is 24.4. The third kappa shape index (κ3) is 3.93. The molecule has 6 nitrogen and oxygen atoms in total. The number of hydrogen-bond acceptors (Lipinski definition) is 5. The first-order valence-electron chi connectivity index (χ1n) is 9.27. The second kappa shape index (κ2) is 7.60. The molecule has 1 aliphatic heterocycles. The lowest BCUT2D eigenvalue weighted by Crippen LogP contribution is -2.46. The van der Waals surface area contributed by atoms with Gasteiger partial charge in [0.1, 0.15) is 0 Å². The first-order valence-corrected chi connectivity index (χ1v) is 9.27. The molecule has 1 fully saturated rings. The maximum Gasteiger partial charge on any atom is 0.0988 e. The standard InChI is InChI=1S/C21H24N4O2/c26-16-21(27)8-11-24(12-9-21)14-18-15-25(19-6-2-1-3-7-19)23-20(18)17-5-4-10-22-13-17/h1-7,10,13,15,26-27H,8-9,11-12,14,16H2. The van der Waals surface area contributed by atoms with E-state index in [0.717, 1.165) is 42.1 Å². The van der Waals surface area contributed by atoms with Crippen molar-refractivity contribution < 1.29 is 10.2 Å². The summed E-state index contributed by atoms with van der Waals surface area (Å²) in [6, 6.07) is 14.0. The van der Waals surface area contributed by atoms with Crippen LogP contribution in [0.15, 0.2) is 61.1 Å². The van der Waals surface area contributed by atoms with Crippen LogP contribution in [0.3, 0.4) is 0 Å². The molecule has 140 valence electrons. The summed E-state index contributed by atoms with van der Waals surface area (Å²) in [4.78, 5) is 6.54. The molecule has 0 spiro atoms. The Hall–Kier alpha value is -2.54. The number of benzene rings is 1. The molecular formula is C21H24N4O2. The van der Waals surface area contributed by atoms with Gasteiger partial charge in [-0.1, -0.05) is 18.2 Å². The van der Waals surface area contributed by atoms with Gasteiger partial charge in [-0.2, -0.15) is 5.10 Å². The smallest absolute Gasteiger partial charge is 0.0988 e. The Bertz CT molecular complexity index is 872. The van der Waals surface area contributed by atoms with Crippen LogP contribution < -0.4 is 0 Å². The van der Waals surface area contributed by atoms with Gasteiger partial charge in [0.2, 0.25) is 0 Å². The molecule has 4 rings (SSSR count). The number of pyridine rings is 1. The predicted octanol–water partition coefficient (Wildman–Crippen LogP) is 2.25. The van der Waals surface area contributed by atoms with Gasteiger partial charge in [-0.3, -0.25) is 9.88 Å². The number of aromatic nitrogens is 3. The molecule has 3 aromatic rings. The molecule has 0 unspecified atom stereocenters. The second-order valence-corrected chi connectivity index (χ2v) is 7.18. The van der Waals surface area contributed by atoms with E-state index in [2.05, 4.69) is 16.1 Å². The Balaban J connectivity index is 1.62. The highest BCUT2D eigenvalue weighted by Crippen LogP contribution is 2.27. The zero-order valence-corrected chi connectivity index (χ0v) is 15.2. The van der Waals surface area contributed by atoms with Gasteiger partial charge >= 0.3 is 0 Å². The lowest BCUT2D eigenvalue weighted by Gasteiger charge is -2.36. The zero-order valence-electron chi connectivity index (χ0n) is 15.2. The molecule has 0 aliphatic carbocycles. The first kappa shape index (κ1) is 17.9. The average molecular weight is 364 g/mol. The van der Waals surface area contributed by atoms with Crippen LogP contribution in [0.5, 0.6) is 0 Å². The van der Waals surface area contributed by atoms with Crippen molar-refractivity contribution in [2.75, 3.05) is 19.7 Å². The molecule has 3 heterocycles. The van der Waals surface area contributed by atoms with E-state index in [1.54, 1.807) is 6.20 Å². The molecule has 0 amide bonds. The predicted molar refractivity (Wildman–Crippen MR) is 103 cm³/mol. The van der Waals surface area contributed by atoms with E-state index in [4.69, 9.17) is 5.10 Å². The Kier molecular flexibility index (Phi) is 5.03. The van der Waals surface area contributed by atoms with Gasteiger partial charge in [-0.15, -0.1) is 0 Å². The van der Waals surface area contributed by atoms with Gasteiger partial charge in [0, 0.05) is 49.4 Å². The number of likely N-dealkylation sites (tertiary alicyclic amines) is 1. The Morgan fingerprint density at radius 3 is 2.48 bits per heavy atom. The average Bonchev–Trinajstić information content (AvgIpc) is 3.15. The van der Waals surface area contributed by atoms with Crippen molar-refractivity contribution in [3.63, 3.8) is 0 Å². The van der Waals surface area contributed by atoms with Crippen LogP contribution in [0.25, 0.3) is 16.9 Å². The summed E-state index contributed by atoms with van der Waals surface area (Å²) in [7, 11) is 0. The summed E-state index contributed by atoms with van der Waals surface area (Å²) in [6.07, 6.45) is 6.83. The van der Waals surface area contributed by atoms with Crippen molar-refractivity contribution in [3.8, 4) is 16.9 Å². The molecule has 1 saturated heterocycles. The van der Waals surface area contributed by atoms with Gasteiger partial charge in [0.25, 0.3) is 0 Å². The number of rotatable bonds is 5. The van der Waals surface area contributed by atoms with Crippen LogP contribution in [0.1, 0.15) is 18.4 Å². The molecule has 0 radical (unpaired) electrons. The zero-order chi connectivity index (χ0) is 18.7. The quantitative estimate of drug-likeness (QED) is 0.726. The van der Waals surface area contributed by atoms with E-state index in [1.807, 2.05) is 53.3 Å². The molecule has 2 aromatic heterocycles. The SMILES string of the molecule is OCC1(O)CCN(Cc2cn(-c3ccccc3)nc2-c2cccnc2)CC1.